The first-order valence-corrected chi connectivity index (χ1v) is 9.67. The van der Waals surface area contributed by atoms with Gasteiger partial charge in [0, 0.05) is 32.4 Å². The molecule has 10 heteroatoms. The molecule has 1 aromatic rings. The van der Waals surface area contributed by atoms with E-state index in [9.17, 15) is 13.2 Å². The number of rotatable bonds is 8. The Balaban J connectivity index is 0.00000420. The minimum absolute atomic E-state index is 0. The average Bonchev–Trinajstić information content (AvgIpc) is 2.67. The molecule has 1 fully saturated rings. The maximum absolute atomic E-state index is 12.2. The quantitative estimate of drug-likeness (QED) is 0.234. The van der Waals surface area contributed by atoms with E-state index in [1.807, 2.05) is 0 Å². The van der Waals surface area contributed by atoms with Crippen LogP contribution < -0.4 is 15.4 Å². The van der Waals surface area contributed by atoms with Crippen LogP contribution in [0.25, 0.3) is 0 Å². The lowest BCUT2D eigenvalue weighted by atomic mass is 9.99. The van der Waals surface area contributed by atoms with Crippen LogP contribution in [0, 0.1) is 5.92 Å². The number of alkyl halides is 3. The van der Waals surface area contributed by atoms with Crippen LogP contribution in [0.15, 0.2) is 23.3 Å². The van der Waals surface area contributed by atoms with Crippen LogP contribution in [0.5, 0.6) is 5.88 Å². The molecule has 2 heterocycles. The molecular formula is C19H31F3IN5O. The number of likely N-dealkylation sites (tertiary alicyclic amines) is 1. The number of aliphatic imine (C=N–C) groups is 1. The number of hydrogen-bond donors (Lipinski definition) is 2. The third-order valence-electron chi connectivity index (χ3n) is 4.69. The maximum atomic E-state index is 12.2. The van der Waals surface area contributed by atoms with Gasteiger partial charge in [0.1, 0.15) is 0 Å². The van der Waals surface area contributed by atoms with Crippen LogP contribution in [0.4, 0.5) is 13.2 Å². The summed E-state index contributed by atoms with van der Waals surface area (Å²) in [6.07, 6.45) is 0.626. The summed E-state index contributed by atoms with van der Waals surface area (Å²) in [4.78, 5) is 10.5. The average molecular weight is 529 g/mol. The van der Waals surface area contributed by atoms with Gasteiger partial charge < -0.3 is 20.3 Å². The highest BCUT2D eigenvalue weighted by Crippen LogP contribution is 2.17. The Morgan fingerprint density at radius 3 is 2.69 bits per heavy atom. The zero-order chi connectivity index (χ0) is 20.4. The topological polar surface area (TPSA) is 61.8 Å². The van der Waals surface area contributed by atoms with E-state index in [2.05, 4.69) is 37.2 Å². The number of nitrogens with one attached hydrogen (secondary N) is 2. The summed E-state index contributed by atoms with van der Waals surface area (Å²) in [5.74, 6) is 1.45. The molecule has 6 nitrogen and oxygen atoms in total. The molecular weight excluding hydrogens is 498 g/mol. The Bertz CT molecular complexity index is 622. The maximum Gasteiger partial charge on any atom is 0.422 e. The molecule has 0 saturated carbocycles. The van der Waals surface area contributed by atoms with Crippen molar-refractivity contribution >= 4 is 29.9 Å². The molecule has 0 aliphatic carbocycles. The van der Waals surface area contributed by atoms with E-state index in [0.29, 0.717) is 12.5 Å². The lowest BCUT2D eigenvalue weighted by Crippen LogP contribution is -2.39. The Morgan fingerprint density at radius 1 is 1.31 bits per heavy atom. The van der Waals surface area contributed by atoms with E-state index in [-0.39, 0.29) is 29.9 Å². The van der Waals surface area contributed by atoms with Gasteiger partial charge in [-0.15, -0.1) is 24.0 Å². The lowest BCUT2D eigenvalue weighted by molar-refractivity contribution is -0.154. The molecule has 0 atom stereocenters. The van der Waals surface area contributed by atoms with Gasteiger partial charge in [-0.05, 0) is 56.4 Å². The molecule has 1 aliphatic heterocycles. The van der Waals surface area contributed by atoms with E-state index in [0.717, 1.165) is 31.0 Å². The van der Waals surface area contributed by atoms with E-state index in [4.69, 9.17) is 0 Å². The molecule has 0 unspecified atom stereocenters. The summed E-state index contributed by atoms with van der Waals surface area (Å²) >= 11 is 0. The summed E-state index contributed by atoms with van der Waals surface area (Å²) < 4.78 is 41.4. The molecule has 2 rings (SSSR count). The molecule has 1 saturated heterocycles. The Labute approximate surface area is 187 Å². The van der Waals surface area contributed by atoms with Gasteiger partial charge in [-0.1, -0.05) is 6.92 Å². The van der Waals surface area contributed by atoms with Crippen LogP contribution in [0.1, 0.15) is 31.7 Å². The second-order valence-corrected chi connectivity index (χ2v) is 7.14. The molecule has 0 radical (unpaired) electrons. The fourth-order valence-electron chi connectivity index (χ4n) is 3.00. The van der Waals surface area contributed by atoms with Crippen LogP contribution in [0.3, 0.4) is 0 Å². The first-order chi connectivity index (χ1) is 13.4. The summed E-state index contributed by atoms with van der Waals surface area (Å²) in [5, 5.41) is 6.41. The zero-order valence-corrected chi connectivity index (χ0v) is 19.3. The molecule has 1 aliphatic rings. The van der Waals surface area contributed by atoms with Gasteiger partial charge in [0.05, 0.1) is 0 Å². The SMILES string of the molecule is CN=C(NCCCN1CCC(C)CC1)NCc1ccnc(OCC(F)(F)F)c1.I. The standard InChI is InChI=1S/C19H30F3N5O.HI/c1-15-5-10-27(11-6-15)9-3-7-25-18(23-2)26-13-16-4-8-24-17(12-16)28-14-19(20,21)22;/h4,8,12,15H,3,5-7,9-11,13-14H2,1-2H3,(H2,23,25,26);1H. The molecule has 2 N–H and O–H groups in total. The summed E-state index contributed by atoms with van der Waals surface area (Å²) in [6.45, 7) is 5.60. The number of halogens is 4. The first kappa shape index (κ1) is 25.7. The lowest BCUT2D eigenvalue weighted by Gasteiger charge is -2.30. The van der Waals surface area contributed by atoms with Gasteiger partial charge in [0.25, 0.3) is 0 Å². The third-order valence-corrected chi connectivity index (χ3v) is 4.69. The number of ether oxygens (including phenoxy) is 1. The fraction of sp³-hybridized carbons (Fsp3) is 0.684. The predicted octanol–water partition coefficient (Wildman–Crippen LogP) is 3.43. The van der Waals surface area contributed by atoms with Crippen molar-refractivity contribution in [2.24, 2.45) is 10.9 Å². The number of nitrogens with zero attached hydrogens (tertiary/aromatic N) is 3. The van der Waals surface area contributed by atoms with Crippen molar-refractivity contribution in [2.75, 3.05) is 39.8 Å². The molecule has 0 aromatic carbocycles. The minimum Gasteiger partial charge on any atom is -0.468 e. The fourth-order valence-corrected chi connectivity index (χ4v) is 3.00. The highest BCUT2D eigenvalue weighted by atomic mass is 127. The zero-order valence-electron chi connectivity index (χ0n) is 17.0. The van der Waals surface area contributed by atoms with Crippen LogP contribution in [-0.4, -0.2) is 61.9 Å². The third kappa shape index (κ3) is 10.9. The van der Waals surface area contributed by atoms with Crippen LogP contribution in [-0.2, 0) is 6.54 Å². The summed E-state index contributed by atoms with van der Waals surface area (Å²) in [5.41, 5.74) is 0.762. The Kier molecular flexibility index (Phi) is 11.6. The second-order valence-electron chi connectivity index (χ2n) is 7.14. The highest BCUT2D eigenvalue weighted by Gasteiger charge is 2.28. The molecule has 0 bridgehead atoms. The van der Waals surface area contributed by atoms with Crippen LogP contribution in [0.2, 0.25) is 0 Å². The van der Waals surface area contributed by atoms with Crippen molar-refractivity contribution in [3.8, 4) is 5.88 Å². The number of aromatic nitrogens is 1. The van der Waals surface area contributed by atoms with Crippen molar-refractivity contribution in [3.05, 3.63) is 23.9 Å². The molecule has 0 spiro atoms. The molecule has 29 heavy (non-hydrogen) atoms. The van der Waals surface area contributed by atoms with E-state index < -0.39 is 12.8 Å². The monoisotopic (exact) mass is 529 g/mol. The second kappa shape index (κ2) is 13.1. The molecule has 166 valence electrons. The normalized spacial score (nSPS) is 16.2. The van der Waals surface area contributed by atoms with Gasteiger partial charge >= 0.3 is 6.18 Å². The first-order valence-electron chi connectivity index (χ1n) is 9.67. The predicted molar refractivity (Wildman–Crippen MR) is 119 cm³/mol. The van der Waals surface area contributed by atoms with E-state index in [1.165, 1.54) is 38.2 Å². The van der Waals surface area contributed by atoms with Crippen molar-refractivity contribution in [3.63, 3.8) is 0 Å². The van der Waals surface area contributed by atoms with Gasteiger partial charge in [-0.2, -0.15) is 13.2 Å². The highest BCUT2D eigenvalue weighted by molar-refractivity contribution is 14.0. The Morgan fingerprint density at radius 2 is 2.03 bits per heavy atom. The van der Waals surface area contributed by atoms with E-state index >= 15 is 0 Å². The van der Waals surface area contributed by atoms with Gasteiger partial charge in [-0.3, -0.25) is 4.99 Å². The number of guanidine groups is 1. The van der Waals surface area contributed by atoms with Crippen molar-refractivity contribution < 1.29 is 17.9 Å². The Hall–Kier alpha value is -1.30. The minimum atomic E-state index is -4.38. The van der Waals surface area contributed by atoms with Gasteiger partial charge in [-0.25, -0.2) is 4.98 Å². The summed E-state index contributed by atoms with van der Waals surface area (Å²) in [6, 6.07) is 3.21. The van der Waals surface area contributed by atoms with Crippen molar-refractivity contribution in [1.29, 1.82) is 0 Å². The largest absolute Gasteiger partial charge is 0.468 e. The van der Waals surface area contributed by atoms with Gasteiger partial charge in [0.15, 0.2) is 12.6 Å². The number of piperidine rings is 1. The van der Waals surface area contributed by atoms with Crippen LogP contribution >= 0.6 is 24.0 Å². The summed E-state index contributed by atoms with van der Waals surface area (Å²) in [7, 11) is 1.69. The van der Waals surface area contributed by atoms with E-state index in [1.54, 1.807) is 13.1 Å². The van der Waals surface area contributed by atoms with Crippen molar-refractivity contribution in [2.45, 2.75) is 38.9 Å². The van der Waals surface area contributed by atoms with Crippen molar-refractivity contribution in [1.82, 2.24) is 20.5 Å². The van der Waals surface area contributed by atoms with Gasteiger partial charge in [0.2, 0.25) is 5.88 Å². The number of hydrogen-bond acceptors (Lipinski definition) is 4. The smallest absolute Gasteiger partial charge is 0.422 e. The number of pyridine rings is 1. The molecule has 0 amide bonds. The molecule has 1 aromatic heterocycles.